The molecule has 1 amide bonds. The Morgan fingerprint density at radius 3 is 2.60 bits per heavy atom. The molecule has 1 aromatic heterocycles. The number of carbonyl (C=O) groups is 1. The molecule has 1 aromatic carbocycles. The molecule has 1 fully saturated rings. The fourth-order valence-corrected chi connectivity index (χ4v) is 4.30. The number of oxazole rings is 1. The Morgan fingerprint density at radius 1 is 1.30 bits per heavy atom. The largest absolute Gasteiger partial charge is 0.431 e. The van der Waals surface area contributed by atoms with E-state index < -0.39 is 27.9 Å². The molecule has 0 atom stereocenters. The van der Waals surface area contributed by atoms with Gasteiger partial charge in [-0.1, -0.05) is 19.9 Å². The zero-order valence-electron chi connectivity index (χ0n) is 16.5. The first-order chi connectivity index (χ1) is 13.8. The van der Waals surface area contributed by atoms with E-state index in [9.17, 15) is 26.4 Å². The van der Waals surface area contributed by atoms with Gasteiger partial charge in [-0.05, 0) is 36.5 Å². The summed E-state index contributed by atoms with van der Waals surface area (Å²) >= 11 is 0. The predicted molar refractivity (Wildman–Crippen MR) is 102 cm³/mol. The number of nitrogens with one attached hydrogen (secondary N) is 2. The van der Waals surface area contributed by atoms with Gasteiger partial charge in [0.25, 0.3) is 11.9 Å². The number of aromatic nitrogens is 1. The summed E-state index contributed by atoms with van der Waals surface area (Å²) in [6, 6.07) is 2.87. The Balaban J connectivity index is 1.72. The van der Waals surface area contributed by atoms with E-state index in [2.05, 4.69) is 10.3 Å². The minimum atomic E-state index is -4.52. The molecule has 12 heteroatoms. The number of hydrogen-bond acceptors (Lipinski definition) is 6. The van der Waals surface area contributed by atoms with Gasteiger partial charge >= 0.3 is 16.4 Å². The number of anilines is 2. The summed E-state index contributed by atoms with van der Waals surface area (Å²) < 4.78 is 71.7. The van der Waals surface area contributed by atoms with Crippen molar-refractivity contribution in [3.05, 3.63) is 41.3 Å². The Hall–Kier alpha value is -2.60. The van der Waals surface area contributed by atoms with Crippen LogP contribution in [0.15, 0.2) is 28.9 Å². The van der Waals surface area contributed by atoms with E-state index in [1.807, 2.05) is 18.6 Å². The highest BCUT2D eigenvalue weighted by Crippen LogP contribution is 2.33. The molecule has 0 bridgehead atoms. The minimum Gasteiger partial charge on any atom is -0.431 e. The van der Waals surface area contributed by atoms with Crippen LogP contribution in [0.4, 0.5) is 24.9 Å². The molecule has 0 unspecified atom stereocenters. The van der Waals surface area contributed by atoms with E-state index in [-0.39, 0.29) is 35.9 Å². The monoisotopic (exact) mass is 446 g/mol. The second-order valence-electron chi connectivity index (χ2n) is 7.87. The summed E-state index contributed by atoms with van der Waals surface area (Å²) in [6.45, 7) is 6.00. The highest BCUT2D eigenvalue weighted by molar-refractivity contribution is 7.87. The molecule has 3 rings (SSSR count). The van der Waals surface area contributed by atoms with E-state index in [0.29, 0.717) is 12.0 Å². The molecule has 1 saturated heterocycles. The van der Waals surface area contributed by atoms with Crippen molar-refractivity contribution in [1.82, 2.24) is 14.0 Å². The fraction of sp³-hybridized carbons (Fsp3) is 0.444. The average Bonchev–Trinajstić information content (AvgIpc) is 3.22. The van der Waals surface area contributed by atoms with E-state index >= 15 is 0 Å². The van der Waals surface area contributed by atoms with Gasteiger partial charge in [-0.3, -0.25) is 4.79 Å². The number of benzene rings is 1. The zero-order chi connectivity index (χ0) is 22.3. The zero-order valence-corrected chi connectivity index (χ0v) is 17.3. The maximum absolute atomic E-state index is 12.9. The molecule has 2 heterocycles. The summed E-state index contributed by atoms with van der Waals surface area (Å²) in [5.41, 5.74) is -0.799. The second kappa shape index (κ2) is 7.58. The quantitative estimate of drug-likeness (QED) is 0.729. The number of alkyl halides is 3. The van der Waals surface area contributed by atoms with Crippen LogP contribution in [0.5, 0.6) is 0 Å². The molecule has 1 aliphatic heterocycles. The number of halogens is 3. The van der Waals surface area contributed by atoms with Gasteiger partial charge in [-0.15, -0.1) is 0 Å². The van der Waals surface area contributed by atoms with Gasteiger partial charge in [0.15, 0.2) is 5.69 Å². The van der Waals surface area contributed by atoms with Crippen molar-refractivity contribution in [1.29, 1.82) is 0 Å². The van der Waals surface area contributed by atoms with Crippen molar-refractivity contribution in [3.8, 4) is 0 Å². The van der Waals surface area contributed by atoms with Crippen LogP contribution in [0.25, 0.3) is 0 Å². The number of aryl methyl sites for hydroxylation is 1. The third kappa shape index (κ3) is 4.93. The van der Waals surface area contributed by atoms with E-state index in [4.69, 9.17) is 4.42 Å². The Bertz CT molecular complexity index is 1060. The molecule has 8 nitrogen and oxygen atoms in total. The molecular weight excluding hydrogens is 425 g/mol. The van der Waals surface area contributed by atoms with Crippen molar-refractivity contribution in [2.75, 3.05) is 18.4 Å². The van der Waals surface area contributed by atoms with Crippen LogP contribution >= 0.6 is 0 Å². The van der Waals surface area contributed by atoms with Crippen LogP contribution in [0.3, 0.4) is 0 Å². The molecule has 1 aliphatic rings. The molecule has 0 radical (unpaired) electrons. The van der Waals surface area contributed by atoms with Gasteiger partial charge in [-0.25, -0.2) is 4.72 Å². The van der Waals surface area contributed by atoms with Crippen molar-refractivity contribution < 1.29 is 30.8 Å². The number of nitrogens with zero attached hydrogens (tertiary/aromatic N) is 2. The van der Waals surface area contributed by atoms with Crippen LogP contribution in [0.2, 0.25) is 0 Å². The van der Waals surface area contributed by atoms with Gasteiger partial charge in [-0.2, -0.15) is 30.9 Å². The standard InChI is InChI=1S/C18H21F3N4O4S/c1-11-4-5-12(18(19,20)21)8-13(11)22-16-23-14(9-29-16)15(26)24-30(27,28)25-7-6-17(2,3)10-25/h4-5,8-9H,6-7,10H2,1-3H3,(H,22,23)(H,24,26). The van der Waals surface area contributed by atoms with Crippen molar-refractivity contribution in [2.45, 2.75) is 33.4 Å². The van der Waals surface area contributed by atoms with E-state index in [1.165, 1.54) is 10.4 Å². The lowest BCUT2D eigenvalue weighted by Gasteiger charge is -2.19. The van der Waals surface area contributed by atoms with Crippen LogP contribution in [0.1, 0.15) is 41.9 Å². The minimum absolute atomic E-state index is 0.0885. The van der Waals surface area contributed by atoms with Crippen molar-refractivity contribution >= 4 is 27.8 Å². The Labute approximate surface area is 171 Å². The number of carbonyl (C=O) groups excluding carboxylic acids is 1. The summed E-state index contributed by atoms with van der Waals surface area (Å²) in [4.78, 5) is 16.1. The van der Waals surface area contributed by atoms with Gasteiger partial charge in [0.2, 0.25) is 0 Å². The maximum Gasteiger partial charge on any atom is 0.416 e. The molecule has 0 aliphatic carbocycles. The SMILES string of the molecule is Cc1ccc(C(F)(F)F)cc1Nc1nc(C(=O)NS(=O)(=O)N2CCC(C)(C)C2)co1. The first-order valence-electron chi connectivity index (χ1n) is 8.99. The molecular formula is C18H21F3N4O4S. The number of rotatable bonds is 5. The number of hydrogen-bond donors (Lipinski definition) is 2. The summed E-state index contributed by atoms with van der Waals surface area (Å²) in [7, 11) is -4.05. The highest BCUT2D eigenvalue weighted by atomic mass is 32.2. The van der Waals surface area contributed by atoms with Gasteiger partial charge in [0.1, 0.15) is 6.26 Å². The smallest absolute Gasteiger partial charge is 0.416 e. The van der Waals surface area contributed by atoms with Crippen LogP contribution in [-0.2, 0) is 16.4 Å². The lowest BCUT2D eigenvalue weighted by Crippen LogP contribution is -2.43. The average molecular weight is 446 g/mol. The summed E-state index contributed by atoms with van der Waals surface area (Å²) in [5, 5.41) is 2.57. The maximum atomic E-state index is 12.9. The van der Waals surface area contributed by atoms with Crippen LogP contribution < -0.4 is 10.0 Å². The van der Waals surface area contributed by atoms with Gasteiger partial charge < -0.3 is 9.73 Å². The normalized spacial score (nSPS) is 17.1. The van der Waals surface area contributed by atoms with Crippen LogP contribution in [-0.4, -0.2) is 36.7 Å². The van der Waals surface area contributed by atoms with Crippen molar-refractivity contribution in [2.24, 2.45) is 5.41 Å². The first-order valence-corrected chi connectivity index (χ1v) is 10.4. The molecule has 2 N–H and O–H groups in total. The third-order valence-electron chi connectivity index (χ3n) is 4.75. The summed E-state index contributed by atoms with van der Waals surface area (Å²) in [5.74, 6) is -1.00. The van der Waals surface area contributed by atoms with Crippen LogP contribution in [0, 0.1) is 12.3 Å². The van der Waals surface area contributed by atoms with Gasteiger partial charge in [0.05, 0.1) is 5.56 Å². The second-order valence-corrected chi connectivity index (χ2v) is 9.55. The van der Waals surface area contributed by atoms with E-state index in [0.717, 1.165) is 18.4 Å². The Kier molecular flexibility index (Phi) is 5.58. The molecule has 2 aromatic rings. The lowest BCUT2D eigenvalue weighted by atomic mass is 9.93. The summed E-state index contributed by atoms with van der Waals surface area (Å²) in [6.07, 6.45) is -2.94. The third-order valence-corrected chi connectivity index (χ3v) is 6.18. The Morgan fingerprint density at radius 2 is 2.00 bits per heavy atom. The van der Waals surface area contributed by atoms with Gasteiger partial charge in [0, 0.05) is 18.8 Å². The van der Waals surface area contributed by atoms with Crippen molar-refractivity contribution in [3.63, 3.8) is 0 Å². The lowest BCUT2D eigenvalue weighted by molar-refractivity contribution is -0.137. The topological polar surface area (TPSA) is 105 Å². The molecule has 0 saturated carbocycles. The highest BCUT2D eigenvalue weighted by Gasteiger charge is 2.37. The fourth-order valence-electron chi connectivity index (χ4n) is 2.99. The number of amides is 1. The van der Waals surface area contributed by atoms with E-state index in [1.54, 1.807) is 6.92 Å². The first kappa shape index (κ1) is 22.1. The predicted octanol–water partition coefficient (Wildman–Crippen LogP) is 3.45. The molecule has 30 heavy (non-hydrogen) atoms. The molecule has 0 spiro atoms. The molecule has 164 valence electrons.